The van der Waals surface area contributed by atoms with Gasteiger partial charge in [0.25, 0.3) is 0 Å². The third-order valence-electron chi connectivity index (χ3n) is 2.54. The Balaban J connectivity index is 2.41. The molecule has 1 aliphatic carbocycles. The van der Waals surface area contributed by atoms with Crippen LogP contribution in [0.1, 0.15) is 12.8 Å². The first-order chi connectivity index (χ1) is 7.86. The average Bonchev–Trinajstić information content (AvgIpc) is 2.99. The van der Waals surface area contributed by atoms with E-state index in [0.29, 0.717) is 5.75 Å². The number of hydrogen-bond donors (Lipinski definition) is 1. The summed E-state index contributed by atoms with van der Waals surface area (Å²) >= 11 is 0. The second-order valence-electron chi connectivity index (χ2n) is 4.42. The SMILES string of the molecule is CN(C)c1cc(OC2CC2)cc(S(N)(=O)=O)c1. The molecule has 1 aromatic carbocycles. The van der Waals surface area contributed by atoms with Crippen LogP contribution in [0.25, 0.3) is 0 Å². The molecule has 0 amide bonds. The van der Waals surface area contributed by atoms with Crippen molar-refractivity contribution in [1.29, 1.82) is 0 Å². The number of rotatable bonds is 4. The van der Waals surface area contributed by atoms with Crippen LogP contribution in [0.15, 0.2) is 23.1 Å². The fourth-order valence-electron chi connectivity index (χ4n) is 1.43. The van der Waals surface area contributed by atoms with Crippen molar-refractivity contribution in [2.75, 3.05) is 19.0 Å². The average molecular weight is 256 g/mol. The summed E-state index contributed by atoms with van der Waals surface area (Å²) < 4.78 is 28.3. The van der Waals surface area contributed by atoms with Crippen LogP contribution in [0.4, 0.5) is 5.69 Å². The molecular formula is C11H16N2O3S. The summed E-state index contributed by atoms with van der Waals surface area (Å²) in [4.78, 5) is 1.90. The minimum atomic E-state index is -3.70. The standard InChI is InChI=1S/C11H16N2O3S/c1-13(2)8-5-10(16-9-3-4-9)7-11(6-8)17(12,14)15/h5-7,9H,3-4H2,1-2H3,(H2,12,14,15). The lowest BCUT2D eigenvalue weighted by Gasteiger charge is -2.15. The fraction of sp³-hybridized carbons (Fsp3) is 0.455. The van der Waals surface area contributed by atoms with Crippen molar-refractivity contribution in [1.82, 2.24) is 0 Å². The molecule has 1 aliphatic rings. The number of primary sulfonamides is 1. The number of nitrogens with two attached hydrogens (primary N) is 1. The Morgan fingerprint density at radius 1 is 1.29 bits per heavy atom. The zero-order valence-corrected chi connectivity index (χ0v) is 10.7. The van der Waals surface area contributed by atoms with Gasteiger partial charge in [-0.25, -0.2) is 13.6 Å². The maximum Gasteiger partial charge on any atom is 0.238 e. The Hall–Kier alpha value is -1.27. The Bertz CT molecular complexity index is 522. The van der Waals surface area contributed by atoms with Crippen molar-refractivity contribution in [2.24, 2.45) is 5.14 Å². The largest absolute Gasteiger partial charge is 0.490 e. The topological polar surface area (TPSA) is 72.6 Å². The lowest BCUT2D eigenvalue weighted by atomic mass is 10.3. The number of sulfonamides is 1. The quantitative estimate of drug-likeness (QED) is 0.870. The molecule has 0 atom stereocenters. The van der Waals surface area contributed by atoms with Crippen LogP contribution in [0.2, 0.25) is 0 Å². The number of hydrogen-bond acceptors (Lipinski definition) is 4. The molecule has 0 bridgehead atoms. The van der Waals surface area contributed by atoms with Crippen LogP contribution in [0, 0.1) is 0 Å². The molecule has 6 heteroatoms. The third-order valence-corrected chi connectivity index (χ3v) is 3.43. The number of anilines is 1. The van der Waals surface area contributed by atoms with Crippen molar-refractivity contribution < 1.29 is 13.2 Å². The van der Waals surface area contributed by atoms with Gasteiger partial charge in [-0.05, 0) is 18.9 Å². The van der Waals surface area contributed by atoms with Crippen LogP contribution < -0.4 is 14.8 Å². The van der Waals surface area contributed by atoms with E-state index in [1.807, 2.05) is 25.1 Å². The van der Waals surface area contributed by atoms with Crippen molar-refractivity contribution in [3.05, 3.63) is 18.2 Å². The molecule has 17 heavy (non-hydrogen) atoms. The van der Waals surface area contributed by atoms with Gasteiger partial charge < -0.3 is 9.64 Å². The van der Waals surface area contributed by atoms with Crippen molar-refractivity contribution in [3.63, 3.8) is 0 Å². The summed E-state index contributed by atoms with van der Waals surface area (Å²) in [6, 6.07) is 4.82. The van der Waals surface area contributed by atoms with E-state index in [0.717, 1.165) is 18.5 Å². The lowest BCUT2D eigenvalue weighted by Crippen LogP contribution is -2.15. The van der Waals surface area contributed by atoms with Crippen LogP contribution in [0.5, 0.6) is 5.75 Å². The Kier molecular flexibility index (Phi) is 3.01. The molecule has 94 valence electrons. The van der Waals surface area contributed by atoms with Crippen LogP contribution in [-0.2, 0) is 10.0 Å². The Morgan fingerprint density at radius 3 is 2.41 bits per heavy atom. The Labute approximate surface area is 101 Å². The Morgan fingerprint density at radius 2 is 1.94 bits per heavy atom. The van der Waals surface area contributed by atoms with E-state index in [1.54, 1.807) is 0 Å². The van der Waals surface area contributed by atoms with Gasteiger partial charge in [0.15, 0.2) is 0 Å². The lowest BCUT2D eigenvalue weighted by molar-refractivity contribution is 0.302. The maximum atomic E-state index is 11.4. The normalized spacial score (nSPS) is 15.7. The highest BCUT2D eigenvalue weighted by atomic mass is 32.2. The molecule has 0 aromatic heterocycles. The summed E-state index contributed by atoms with van der Waals surface area (Å²) in [7, 11) is -0.0305. The van der Waals surface area contributed by atoms with Crippen LogP contribution in [-0.4, -0.2) is 28.6 Å². The van der Waals surface area contributed by atoms with Gasteiger partial charge in [-0.2, -0.15) is 0 Å². The summed E-state index contributed by atoms with van der Waals surface area (Å²) in [6.07, 6.45) is 2.27. The molecule has 0 spiro atoms. The monoisotopic (exact) mass is 256 g/mol. The van der Waals surface area contributed by atoms with E-state index in [2.05, 4.69) is 0 Å². The molecule has 0 heterocycles. The van der Waals surface area contributed by atoms with E-state index in [1.165, 1.54) is 12.1 Å². The molecule has 2 N–H and O–H groups in total. The number of ether oxygens (including phenoxy) is 1. The first-order valence-corrected chi connectivity index (χ1v) is 6.93. The molecule has 0 saturated heterocycles. The highest BCUT2D eigenvalue weighted by Gasteiger charge is 2.24. The summed E-state index contributed by atoms with van der Waals surface area (Å²) in [5.41, 5.74) is 0.757. The van der Waals surface area contributed by atoms with Gasteiger partial charge in [-0.1, -0.05) is 0 Å². The first-order valence-electron chi connectivity index (χ1n) is 5.38. The maximum absolute atomic E-state index is 11.4. The summed E-state index contributed by atoms with van der Waals surface area (Å²) in [5.74, 6) is 0.558. The molecule has 1 aromatic rings. The zero-order valence-electron chi connectivity index (χ0n) is 9.88. The van der Waals surface area contributed by atoms with E-state index < -0.39 is 10.0 Å². The van der Waals surface area contributed by atoms with E-state index in [4.69, 9.17) is 9.88 Å². The first kappa shape index (κ1) is 12.2. The minimum absolute atomic E-state index is 0.0827. The molecular weight excluding hydrogens is 240 g/mol. The number of benzene rings is 1. The smallest absolute Gasteiger partial charge is 0.238 e. The van der Waals surface area contributed by atoms with Crippen LogP contribution in [0.3, 0.4) is 0 Å². The van der Waals surface area contributed by atoms with Crippen molar-refractivity contribution >= 4 is 15.7 Å². The molecule has 2 rings (SSSR count). The summed E-state index contributed by atoms with van der Waals surface area (Å²) in [5, 5.41) is 5.14. The van der Waals surface area contributed by atoms with Gasteiger partial charge in [0.05, 0.1) is 11.0 Å². The predicted molar refractivity (Wildman–Crippen MR) is 65.8 cm³/mol. The van der Waals surface area contributed by atoms with Gasteiger partial charge in [0.1, 0.15) is 5.75 Å². The summed E-state index contributed by atoms with van der Waals surface area (Å²) in [6.45, 7) is 0. The highest BCUT2D eigenvalue weighted by molar-refractivity contribution is 7.89. The molecule has 0 aliphatic heterocycles. The fourth-order valence-corrected chi connectivity index (χ4v) is 1.99. The third kappa shape index (κ3) is 3.10. The van der Waals surface area contributed by atoms with E-state index in [9.17, 15) is 8.42 Å². The van der Waals surface area contributed by atoms with Crippen molar-refractivity contribution in [2.45, 2.75) is 23.8 Å². The minimum Gasteiger partial charge on any atom is -0.490 e. The molecule has 0 unspecified atom stereocenters. The zero-order chi connectivity index (χ0) is 12.6. The molecule has 1 fully saturated rings. The molecule has 1 saturated carbocycles. The second kappa shape index (κ2) is 4.19. The van der Waals surface area contributed by atoms with Gasteiger partial charge in [0.2, 0.25) is 10.0 Å². The van der Waals surface area contributed by atoms with Gasteiger partial charge >= 0.3 is 0 Å². The van der Waals surface area contributed by atoms with E-state index in [-0.39, 0.29) is 11.0 Å². The van der Waals surface area contributed by atoms with Crippen molar-refractivity contribution in [3.8, 4) is 5.75 Å². The molecule has 5 nitrogen and oxygen atoms in total. The van der Waals surface area contributed by atoms with E-state index >= 15 is 0 Å². The van der Waals surface area contributed by atoms with Crippen LogP contribution >= 0.6 is 0 Å². The van der Waals surface area contributed by atoms with Gasteiger partial charge in [-0.3, -0.25) is 0 Å². The predicted octanol–water partition coefficient (Wildman–Crippen LogP) is 0.941. The molecule has 0 radical (unpaired) electrons. The highest BCUT2D eigenvalue weighted by Crippen LogP contribution is 2.31. The van der Waals surface area contributed by atoms with Gasteiger partial charge in [-0.15, -0.1) is 0 Å². The van der Waals surface area contributed by atoms with Gasteiger partial charge in [0, 0.05) is 31.9 Å². The number of nitrogens with zero attached hydrogens (tertiary/aromatic N) is 1. The second-order valence-corrected chi connectivity index (χ2v) is 5.98.